The minimum Gasteiger partial charge on any atom is -0.369 e. The number of primary amides is 1. The van der Waals surface area contributed by atoms with E-state index < -0.39 is 0 Å². The fourth-order valence-electron chi connectivity index (χ4n) is 4.23. The summed E-state index contributed by atoms with van der Waals surface area (Å²) in [5.74, 6) is -0.315. The molecule has 0 radical (unpaired) electrons. The van der Waals surface area contributed by atoms with Gasteiger partial charge < -0.3 is 15.2 Å². The van der Waals surface area contributed by atoms with E-state index in [0.717, 1.165) is 16.3 Å². The minimum atomic E-state index is -0.278. The Bertz CT molecular complexity index is 1140. The van der Waals surface area contributed by atoms with Crippen LogP contribution in [0.5, 0.6) is 0 Å². The molecule has 3 heterocycles. The molecular formula is C21H25N5O3. The lowest BCUT2D eigenvalue weighted by atomic mass is 9.96. The summed E-state index contributed by atoms with van der Waals surface area (Å²) < 4.78 is 3.34. The van der Waals surface area contributed by atoms with Gasteiger partial charge in [-0.25, -0.2) is 4.68 Å². The fourth-order valence-corrected chi connectivity index (χ4v) is 4.23. The maximum absolute atomic E-state index is 12.7. The zero-order chi connectivity index (χ0) is 20.5. The van der Waals surface area contributed by atoms with Gasteiger partial charge in [-0.05, 0) is 25.3 Å². The normalized spacial score (nSPS) is 15.3. The molecule has 0 bridgehead atoms. The second-order valence-electron chi connectivity index (χ2n) is 7.67. The predicted octanol–water partition coefficient (Wildman–Crippen LogP) is 1.39. The van der Waals surface area contributed by atoms with Crippen LogP contribution in [0.15, 0.2) is 35.3 Å². The van der Waals surface area contributed by atoms with Gasteiger partial charge in [0, 0.05) is 55.3 Å². The average Bonchev–Trinajstić information content (AvgIpc) is 3.05. The summed E-state index contributed by atoms with van der Waals surface area (Å²) in [7, 11) is 1.64. The first-order valence-electron chi connectivity index (χ1n) is 9.97. The van der Waals surface area contributed by atoms with Gasteiger partial charge in [-0.15, -0.1) is 0 Å². The third kappa shape index (κ3) is 3.50. The van der Waals surface area contributed by atoms with Gasteiger partial charge in [-0.3, -0.25) is 14.4 Å². The molecule has 29 heavy (non-hydrogen) atoms. The van der Waals surface area contributed by atoms with Crippen LogP contribution in [0.4, 0.5) is 0 Å². The second-order valence-corrected chi connectivity index (χ2v) is 7.67. The summed E-state index contributed by atoms with van der Waals surface area (Å²) in [4.78, 5) is 38.4. The van der Waals surface area contributed by atoms with Crippen LogP contribution in [0.2, 0.25) is 0 Å². The van der Waals surface area contributed by atoms with E-state index in [0.29, 0.717) is 50.8 Å². The number of amides is 2. The first-order chi connectivity index (χ1) is 14.0. The summed E-state index contributed by atoms with van der Waals surface area (Å²) in [6, 6.07) is 7.88. The van der Waals surface area contributed by atoms with Gasteiger partial charge in [-0.2, -0.15) is 5.10 Å². The van der Waals surface area contributed by atoms with Gasteiger partial charge in [0.15, 0.2) is 0 Å². The molecule has 4 rings (SSSR count). The topological polar surface area (TPSA) is 103 Å². The monoisotopic (exact) mass is 395 g/mol. The van der Waals surface area contributed by atoms with Crippen molar-refractivity contribution in [3.8, 4) is 0 Å². The van der Waals surface area contributed by atoms with Crippen LogP contribution in [0.25, 0.3) is 21.8 Å². The van der Waals surface area contributed by atoms with Crippen molar-refractivity contribution in [3.63, 3.8) is 0 Å². The van der Waals surface area contributed by atoms with Crippen LogP contribution in [0, 0.1) is 5.92 Å². The third-order valence-electron chi connectivity index (χ3n) is 5.89. The number of hydrogen-bond acceptors (Lipinski definition) is 4. The molecule has 1 aliphatic heterocycles. The third-order valence-corrected chi connectivity index (χ3v) is 5.89. The number of fused-ring (bicyclic) bond motifs is 3. The Balaban J connectivity index is 1.50. The van der Waals surface area contributed by atoms with Gasteiger partial charge in [0.25, 0.3) is 5.56 Å². The largest absolute Gasteiger partial charge is 0.369 e. The molecule has 1 saturated heterocycles. The van der Waals surface area contributed by atoms with Gasteiger partial charge in [0.1, 0.15) is 5.52 Å². The fraction of sp³-hybridized carbons (Fsp3) is 0.429. The molecule has 1 aliphatic rings. The van der Waals surface area contributed by atoms with E-state index in [-0.39, 0.29) is 23.3 Å². The summed E-state index contributed by atoms with van der Waals surface area (Å²) in [5, 5.41) is 5.99. The Kier molecular flexibility index (Phi) is 5.08. The Labute approximate surface area is 167 Å². The molecule has 8 nitrogen and oxygen atoms in total. The highest BCUT2D eigenvalue weighted by atomic mass is 16.2. The Morgan fingerprint density at radius 1 is 1.17 bits per heavy atom. The molecule has 8 heteroatoms. The first-order valence-corrected chi connectivity index (χ1v) is 9.97. The number of nitrogens with two attached hydrogens (primary N) is 1. The molecule has 0 unspecified atom stereocenters. The van der Waals surface area contributed by atoms with Crippen molar-refractivity contribution in [3.05, 3.63) is 40.8 Å². The highest BCUT2D eigenvalue weighted by molar-refractivity contribution is 6.07. The summed E-state index contributed by atoms with van der Waals surface area (Å²) in [5.41, 5.74) is 6.82. The number of carbonyl (C=O) groups excluding carboxylic acids is 2. The van der Waals surface area contributed by atoms with Crippen molar-refractivity contribution < 1.29 is 9.59 Å². The molecule has 0 saturated carbocycles. The van der Waals surface area contributed by atoms with Gasteiger partial charge >= 0.3 is 0 Å². The maximum atomic E-state index is 12.7. The van der Waals surface area contributed by atoms with Crippen LogP contribution >= 0.6 is 0 Å². The highest BCUT2D eigenvalue weighted by Gasteiger charge is 2.25. The lowest BCUT2D eigenvalue weighted by Crippen LogP contribution is -2.41. The van der Waals surface area contributed by atoms with Crippen molar-refractivity contribution in [2.24, 2.45) is 18.7 Å². The Morgan fingerprint density at radius 3 is 2.62 bits per heavy atom. The highest BCUT2D eigenvalue weighted by Crippen LogP contribution is 2.26. The van der Waals surface area contributed by atoms with E-state index in [1.807, 2.05) is 33.7 Å². The molecule has 0 atom stereocenters. The number of nitrogens with zero attached hydrogens (tertiary/aromatic N) is 4. The molecule has 2 amide bonds. The zero-order valence-electron chi connectivity index (χ0n) is 16.5. The Hall–Kier alpha value is -3.16. The van der Waals surface area contributed by atoms with E-state index >= 15 is 0 Å². The molecule has 2 N–H and O–H groups in total. The molecule has 1 fully saturated rings. The maximum Gasteiger partial charge on any atom is 0.291 e. The van der Waals surface area contributed by atoms with Crippen molar-refractivity contribution in [1.82, 2.24) is 19.2 Å². The number of para-hydroxylation sites is 1. The number of aromatic nitrogens is 3. The number of hydrogen-bond donors (Lipinski definition) is 1. The smallest absolute Gasteiger partial charge is 0.291 e. The van der Waals surface area contributed by atoms with E-state index in [4.69, 9.17) is 5.73 Å². The Morgan fingerprint density at radius 2 is 1.90 bits per heavy atom. The van der Waals surface area contributed by atoms with E-state index in [1.54, 1.807) is 13.2 Å². The van der Waals surface area contributed by atoms with Crippen molar-refractivity contribution >= 4 is 33.6 Å². The standard InChI is InChI=1S/C21H25N5O3/c1-24-21(29)19-16(13-23-24)15-5-2-3-6-17(15)26(19)10-4-7-18(27)25-11-8-14(9-12-25)20(22)28/h2-3,5-6,13-14H,4,7-12H2,1H3,(H2,22,28). The van der Waals surface area contributed by atoms with Crippen LogP contribution in [-0.4, -0.2) is 44.2 Å². The van der Waals surface area contributed by atoms with Gasteiger partial charge in [0.2, 0.25) is 11.8 Å². The van der Waals surface area contributed by atoms with Gasteiger partial charge in [-0.1, -0.05) is 18.2 Å². The summed E-state index contributed by atoms with van der Waals surface area (Å²) in [6.07, 6.45) is 4.03. The molecule has 2 aromatic heterocycles. The number of likely N-dealkylation sites (tertiary alicyclic amines) is 1. The summed E-state index contributed by atoms with van der Waals surface area (Å²) in [6.45, 7) is 1.73. The summed E-state index contributed by atoms with van der Waals surface area (Å²) >= 11 is 0. The average molecular weight is 395 g/mol. The number of rotatable bonds is 5. The van der Waals surface area contributed by atoms with Crippen molar-refractivity contribution in [2.45, 2.75) is 32.2 Å². The van der Waals surface area contributed by atoms with Crippen molar-refractivity contribution in [2.75, 3.05) is 13.1 Å². The minimum absolute atomic E-state index is 0.0863. The van der Waals surface area contributed by atoms with Crippen LogP contribution in [0.3, 0.4) is 0 Å². The predicted molar refractivity (Wildman–Crippen MR) is 110 cm³/mol. The number of piperidine rings is 1. The number of benzene rings is 1. The molecule has 152 valence electrons. The number of carbonyl (C=O) groups is 2. The zero-order valence-corrected chi connectivity index (χ0v) is 16.5. The molecule has 0 aliphatic carbocycles. The van der Waals surface area contributed by atoms with E-state index in [9.17, 15) is 14.4 Å². The van der Waals surface area contributed by atoms with E-state index in [2.05, 4.69) is 5.10 Å². The van der Waals surface area contributed by atoms with Crippen LogP contribution in [0.1, 0.15) is 25.7 Å². The van der Waals surface area contributed by atoms with Gasteiger partial charge in [0.05, 0.1) is 6.20 Å². The first kappa shape index (κ1) is 19.2. The lowest BCUT2D eigenvalue weighted by molar-refractivity contribution is -0.135. The number of aryl methyl sites for hydroxylation is 2. The molecule has 0 spiro atoms. The van der Waals surface area contributed by atoms with E-state index in [1.165, 1.54) is 4.68 Å². The van der Waals surface area contributed by atoms with Crippen molar-refractivity contribution in [1.29, 1.82) is 0 Å². The molecule has 3 aromatic rings. The quantitative estimate of drug-likeness (QED) is 0.705. The second kappa shape index (κ2) is 7.69. The molecule has 1 aromatic carbocycles. The SMILES string of the molecule is Cn1ncc2c3ccccc3n(CCCC(=O)N3CCC(C(N)=O)CC3)c2c1=O. The molecular weight excluding hydrogens is 370 g/mol. The van der Waals surface area contributed by atoms with Crippen LogP contribution < -0.4 is 11.3 Å². The van der Waals surface area contributed by atoms with Crippen LogP contribution in [-0.2, 0) is 23.2 Å². The lowest BCUT2D eigenvalue weighted by Gasteiger charge is -2.30.